The lowest BCUT2D eigenvalue weighted by Crippen LogP contribution is -2.20. The van der Waals surface area contributed by atoms with Crippen LogP contribution in [0.4, 0.5) is 0 Å². The summed E-state index contributed by atoms with van der Waals surface area (Å²) in [4.78, 5) is 4.45. The highest BCUT2D eigenvalue weighted by molar-refractivity contribution is 5.79. The van der Waals surface area contributed by atoms with Crippen molar-refractivity contribution in [1.82, 2.24) is 9.55 Å². The van der Waals surface area contributed by atoms with Crippen molar-refractivity contribution < 1.29 is 4.74 Å². The molecule has 0 amide bonds. The SMILES string of the molecule is C=C(OC(C)(C)C)n1c(CC#N)nc2ccccc21. The van der Waals surface area contributed by atoms with Crippen molar-refractivity contribution in [1.29, 1.82) is 5.26 Å². The van der Waals surface area contributed by atoms with Crippen LogP contribution in [0.25, 0.3) is 16.9 Å². The predicted molar refractivity (Wildman–Crippen MR) is 75.2 cm³/mol. The highest BCUT2D eigenvalue weighted by Crippen LogP contribution is 2.24. The summed E-state index contributed by atoms with van der Waals surface area (Å²) in [6.07, 6.45) is 0.223. The van der Waals surface area contributed by atoms with Crippen LogP contribution in [0.15, 0.2) is 30.8 Å². The third kappa shape index (κ3) is 2.76. The highest BCUT2D eigenvalue weighted by Gasteiger charge is 2.18. The van der Waals surface area contributed by atoms with Crippen LogP contribution in [0, 0.1) is 11.3 Å². The molecule has 0 aliphatic carbocycles. The van der Waals surface area contributed by atoms with E-state index in [1.54, 1.807) is 0 Å². The molecule has 0 spiro atoms. The van der Waals surface area contributed by atoms with Gasteiger partial charge in [-0.1, -0.05) is 12.1 Å². The minimum atomic E-state index is -0.341. The average molecular weight is 255 g/mol. The Morgan fingerprint density at radius 1 is 1.42 bits per heavy atom. The van der Waals surface area contributed by atoms with Crippen LogP contribution in [-0.2, 0) is 11.2 Å². The van der Waals surface area contributed by atoms with E-state index in [4.69, 9.17) is 10.00 Å². The first kappa shape index (κ1) is 13.2. The number of hydrogen-bond donors (Lipinski definition) is 0. The fourth-order valence-corrected chi connectivity index (χ4v) is 1.94. The molecule has 19 heavy (non-hydrogen) atoms. The Hall–Kier alpha value is -2.28. The summed E-state index contributed by atoms with van der Waals surface area (Å²) in [6.45, 7) is 9.85. The Labute approximate surface area is 112 Å². The van der Waals surface area contributed by atoms with E-state index < -0.39 is 0 Å². The van der Waals surface area contributed by atoms with Crippen LogP contribution in [0.5, 0.6) is 0 Å². The van der Waals surface area contributed by atoms with Crippen LogP contribution in [-0.4, -0.2) is 15.2 Å². The summed E-state index contributed by atoms with van der Waals surface area (Å²) in [7, 11) is 0. The second kappa shape index (κ2) is 4.77. The summed E-state index contributed by atoms with van der Waals surface area (Å²) in [5.74, 6) is 1.14. The molecule has 0 aliphatic heterocycles. The van der Waals surface area contributed by atoms with Gasteiger partial charge in [-0.2, -0.15) is 5.26 Å². The van der Waals surface area contributed by atoms with Gasteiger partial charge in [0.1, 0.15) is 11.4 Å². The zero-order valence-corrected chi connectivity index (χ0v) is 11.5. The molecule has 1 aromatic carbocycles. The fraction of sp³-hybridized carbons (Fsp3) is 0.333. The third-order valence-corrected chi connectivity index (χ3v) is 2.54. The average Bonchev–Trinajstić information content (AvgIpc) is 2.65. The van der Waals surface area contributed by atoms with Gasteiger partial charge in [0.2, 0.25) is 0 Å². The molecule has 98 valence electrons. The van der Waals surface area contributed by atoms with Gasteiger partial charge >= 0.3 is 0 Å². The van der Waals surface area contributed by atoms with Gasteiger partial charge in [-0.15, -0.1) is 0 Å². The Morgan fingerprint density at radius 3 is 2.74 bits per heavy atom. The molecule has 0 N–H and O–H groups in total. The van der Waals surface area contributed by atoms with Crippen molar-refractivity contribution in [3.05, 3.63) is 36.7 Å². The standard InChI is InChI=1S/C15H17N3O/c1-11(19-15(2,3)4)18-13-8-6-5-7-12(13)17-14(18)9-10-16/h5-8H,1,9H2,2-4H3. The van der Waals surface area contributed by atoms with Gasteiger partial charge in [-0.05, 0) is 39.5 Å². The number of nitrogens with zero attached hydrogens (tertiary/aromatic N) is 3. The number of nitriles is 1. The number of para-hydroxylation sites is 2. The van der Waals surface area contributed by atoms with Gasteiger partial charge in [0.05, 0.1) is 23.5 Å². The zero-order valence-electron chi connectivity index (χ0n) is 11.5. The maximum absolute atomic E-state index is 8.91. The topological polar surface area (TPSA) is 50.8 Å². The lowest BCUT2D eigenvalue weighted by molar-refractivity contribution is 0.0872. The van der Waals surface area contributed by atoms with Crippen LogP contribution >= 0.6 is 0 Å². The van der Waals surface area contributed by atoms with Gasteiger partial charge < -0.3 is 4.74 Å². The second-order valence-electron chi connectivity index (χ2n) is 5.30. The fourth-order valence-electron chi connectivity index (χ4n) is 1.94. The first-order valence-electron chi connectivity index (χ1n) is 6.14. The largest absolute Gasteiger partial charge is 0.473 e. The lowest BCUT2D eigenvalue weighted by atomic mass is 10.2. The summed E-state index contributed by atoms with van der Waals surface area (Å²) >= 11 is 0. The molecule has 0 saturated heterocycles. The maximum Gasteiger partial charge on any atom is 0.192 e. The van der Waals surface area contributed by atoms with Crippen LogP contribution in [0.1, 0.15) is 26.6 Å². The number of imidazole rings is 1. The van der Waals surface area contributed by atoms with E-state index in [1.165, 1.54) is 0 Å². The normalized spacial score (nSPS) is 11.3. The molecule has 0 radical (unpaired) electrons. The number of benzene rings is 1. The Kier molecular flexibility index (Phi) is 3.30. The summed E-state index contributed by atoms with van der Waals surface area (Å²) < 4.78 is 7.61. The van der Waals surface area contributed by atoms with Crippen molar-refractivity contribution in [3.63, 3.8) is 0 Å². The van der Waals surface area contributed by atoms with E-state index in [0.29, 0.717) is 11.7 Å². The van der Waals surface area contributed by atoms with Crippen molar-refractivity contribution in [3.8, 4) is 6.07 Å². The third-order valence-electron chi connectivity index (χ3n) is 2.54. The first-order chi connectivity index (χ1) is 8.92. The molecule has 1 aromatic heterocycles. The van der Waals surface area contributed by atoms with Gasteiger partial charge in [0.15, 0.2) is 5.88 Å². The van der Waals surface area contributed by atoms with E-state index in [-0.39, 0.29) is 12.0 Å². The number of fused-ring (bicyclic) bond motifs is 1. The minimum absolute atomic E-state index is 0.223. The zero-order chi connectivity index (χ0) is 14.0. The summed E-state index contributed by atoms with van der Waals surface area (Å²) in [5.41, 5.74) is 1.40. The lowest BCUT2D eigenvalue weighted by Gasteiger charge is -2.24. The van der Waals surface area contributed by atoms with Crippen molar-refractivity contribution >= 4 is 16.9 Å². The van der Waals surface area contributed by atoms with E-state index in [2.05, 4.69) is 17.6 Å². The minimum Gasteiger partial charge on any atom is -0.473 e. The number of aromatic nitrogens is 2. The molecule has 4 nitrogen and oxygen atoms in total. The van der Waals surface area contributed by atoms with E-state index in [0.717, 1.165) is 11.0 Å². The van der Waals surface area contributed by atoms with Crippen molar-refractivity contribution in [2.75, 3.05) is 0 Å². The molecular formula is C15H17N3O. The van der Waals surface area contributed by atoms with Gasteiger partial charge in [-0.3, -0.25) is 4.57 Å². The molecule has 2 rings (SSSR count). The van der Waals surface area contributed by atoms with Gasteiger partial charge in [0.25, 0.3) is 0 Å². The summed E-state index contributed by atoms with van der Waals surface area (Å²) in [5, 5.41) is 8.91. The Balaban J connectivity index is 2.53. The molecule has 0 aliphatic rings. The van der Waals surface area contributed by atoms with Gasteiger partial charge in [0, 0.05) is 0 Å². The van der Waals surface area contributed by atoms with Crippen LogP contribution in [0.2, 0.25) is 0 Å². The van der Waals surface area contributed by atoms with E-state index in [9.17, 15) is 0 Å². The Morgan fingerprint density at radius 2 is 2.11 bits per heavy atom. The van der Waals surface area contributed by atoms with Crippen LogP contribution in [0.3, 0.4) is 0 Å². The molecule has 0 fully saturated rings. The smallest absolute Gasteiger partial charge is 0.192 e. The first-order valence-corrected chi connectivity index (χ1v) is 6.14. The van der Waals surface area contributed by atoms with Crippen molar-refractivity contribution in [2.45, 2.75) is 32.8 Å². The quantitative estimate of drug-likeness (QED) is 0.790. The molecule has 1 heterocycles. The molecule has 2 aromatic rings. The second-order valence-corrected chi connectivity index (χ2v) is 5.30. The maximum atomic E-state index is 8.91. The van der Waals surface area contributed by atoms with Gasteiger partial charge in [-0.25, -0.2) is 4.98 Å². The predicted octanol–water partition coefficient (Wildman–Crippen LogP) is 3.35. The number of hydrogen-bond acceptors (Lipinski definition) is 3. The monoisotopic (exact) mass is 255 g/mol. The van der Waals surface area contributed by atoms with Crippen LogP contribution < -0.4 is 0 Å². The van der Waals surface area contributed by atoms with E-state index in [1.807, 2.05) is 49.6 Å². The van der Waals surface area contributed by atoms with Crippen molar-refractivity contribution in [2.24, 2.45) is 0 Å². The summed E-state index contributed by atoms with van der Waals surface area (Å²) in [6, 6.07) is 9.83. The molecular weight excluding hydrogens is 238 g/mol. The molecule has 0 unspecified atom stereocenters. The molecule has 0 atom stereocenters. The number of ether oxygens (including phenoxy) is 1. The molecule has 4 heteroatoms. The molecule has 0 bridgehead atoms. The van der Waals surface area contributed by atoms with E-state index >= 15 is 0 Å². The number of rotatable bonds is 3. The molecule has 0 saturated carbocycles. The Bertz CT molecular complexity index is 656. The highest BCUT2D eigenvalue weighted by atomic mass is 16.5.